The van der Waals surface area contributed by atoms with E-state index in [0.717, 1.165) is 21.7 Å². The molecule has 0 aliphatic carbocycles. The molecule has 114 valence electrons. The molecule has 0 aromatic carbocycles. The van der Waals surface area contributed by atoms with Crippen LogP contribution in [-0.4, -0.2) is 41.9 Å². The van der Waals surface area contributed by atoms with Gasteiger partial charge in [-0.25, -0.2) is 8.42 Å². The number of nitro groups is 1. The van der Waals surface area contributed by atoms with Crippen molar-refractivity contribution in [2.24, 2.45) is 0 Å². The van der Waals surface area contributed by atoms with Crippen LogP contribution in [0.15, 0.2) is 22.7 Å². The van der Waals surface area contributed by atoms with Crippen molar-refractivity contribution in [3.63, 3.8) is 0 Å². The van der Waals surface area contributed by atoms with Crippen LogP contribution in [0.4, 0.5) is 10.7 Å². The molecule has 0 bridgehead atoms. The largest absolute Gasteiger partial charge is 0.374 e. The Labute approximate surface area is 124 Å². The number of sulfonamides is 1. The number of H-pyrrole nitrogens is 1. The minimum Gasteiger partial charge on any atom is -0.374 e. The van der Waals surface area contributed by atoms with Crippen molar-refractivity contribution in [2.75, 3.05) is 19.4 Å². The molecule has 9 nitrogen and oxygen atoms in total. The Balaban J connectivity index is 2.33. The Hall–Kier alpha value is -1.98. The molecule has 2 rings (SSSR count). The number of thiophene rings is 1. The summed E-state index contributed by atoms with van der Waals surface area (Å²) in [6.45, 7) is 0.124. The summed E-state index contributed by atoms with van der Waals surface area (Å²) in [5.41, 5.74) is 0.443. The molecule has 2 heterocycles. The van der Waals surface area contributed by atoms with Gasteiger partial charge < -0.3 is 5.32 Å². The van der Waals surface area contributed by atoms with Crippen LogP contribution in [0, 0.1) is 10.1 Å². The molecule has 0 unspecified atom stereocenters. The number of anilines is 1. The third kappa shape index (κ3) is 3.04. The SMILES string of the molecule is CNc1sc(S(=O)(=O)N(C)Cc2cn[nH]c2)cc1[N+](=O)[O-]. The average molecular weight is 331 g/mol. The van der Waals surface area contributed by atoms with Crippen molar-refractivity contribution in [1.29, 1.82) is 0 Å². The molecule has 0 aliphatic rings. The topological polar surface area (TPSA) is 121 Å². The molecule has 0 atom stereocenters. The molecule has 2 aromatic rings. The lowest BCUT2D eigenvalue weighted by Crippen LogP contribution is -2.25. The molecular weight excluding hydrogens is 318 g/mol. The summed E-state index contributed by atoms with van der Waals surface area (Å²) in [6, 6.07) is 1.07. The minimum atomic E-state index is -3.79. The van der Waals surface area contributed by atoms with Crippen molar-refractivity contribution < 1.29 is 13.3 Å². The zero-order chi connectivity index (χ0) is 15.6. The summed E-state index contributed by atoms with van der Waals surface area (Å²) in [4.78, 5) is 10.3. The van der Waals surface area contributed by atoms with Crippen molar-refractivity contribution in [2.45, 2.75) is 10.8 Å². The molecule has 0 spiro atoms. The molecule has 2 aromatic heterocycles. The van der Waals surface area contributed by atoms with Gasteiger partial charge in [-0.05, 0) is 0 Å². The highest BCUT2D eigenvalue weighted by molar-refractivity contribution is 7.91. The van der Waals surface area contributed by atoms with Gasteiger partial charge in [0, 0.05) is 38.5 Å². The second-order valence-corrected chi connectivity index (χ2v) is 7.48. The van der Waals surface area contributed by atoms with Crippen LogP contribution in [-0.2, 0) is 16.6 Å². The molecule has 0 saturated heterocycles. The van der Waals surface area contributed by atoms with Gasteiger partial charge in [-0.2, -0.15) is 9.40 Å². The van der Waals surface area contributed by atoms with Crippen LogP contribution in [0.2, 0.25) is 0 Å². The van der Waals surface area contributed by atoms with Crippen LogP contribution < -0.4 is 5.32 Å². The fraction of sp³-hybridized carbons (Fsp3) is 0.300. The Morgan fingerprint density at radius 1 is 1.57 bits per heavy atom. The van der Waals surface area contributed by atoms with Crippen LogP contribution in [0.25, 0.3) is 0 Å². The molecule has 0 fully saturated rings. The first-order chi connectivity index (χ1) is 9.86. The van der Waals surface area contributed by atoms with Gasteiger partial charge in [0.2, 0.25) is 0 Å². The second-order valence-electron chi connectivity index (χ2n) is 4.15. The van der Waals surface area contributed by atoms with E-state index < -0.39 is 14.9 Å². The van der Waals surface area contributed by atoms with Crippen LogP contribution in [0.5, 0.6) is 0 Å². The minimum absolute atomic E-state index is 0.0791. The second kappa shape index (κ2) is 5.79. The number of aromatic nitrogens is 2. The quantitative estimate of drug-likeness (QED) is 0.607. The van der Waals surface area contributed by atoms with Gasteiger partial charge in [-0.15, -0.1) is 0 Å². The third-order valence-corrected chi connectivity index (χ3v) is 6.13. The van der Waals surface area contributed by atoms with E-state index >= 15 is 0 Å². The van der Waals surface area contributed by atoms with Gasteiger partial charge in [0.25, 0.3) is 10.0 Å². The Kier molecular flexibility index (Phi) is 4.25. The first-order valence-electron chi connectivity index (χ1n) is 5.76. The third-order valence-electron chi connectivity index (χ3n) is 2.74. The Morgan fingerprint density at radius 3 is 2.76 bits per heavy atom. The number of hydrogen-bond acceptors (Lipinski definition) is 7. The lowest BCUT2D eigenvalue weighted by molar-refractivity contribution is -0.383. The fourth-order valence-electron chi connectivity index (χ4n) is 1.66. The maximum absolute atomic E-state index is 12.4. The van der Waals surface area contributed by atoms with Crippen LogP contribution in [0.3, 0.4) is 0 Å². The van der Waals surface area contributed by atoms with Gasteiger partial charge in [-0.1, -0.05) is 11.3 Å². The molecule has 0 saturated carbocycles. The Bertz CT molecular complexity index is 738. The summed E-state index contributed by atoms with van der Waals surface area (Å²) in [7, 11) is -0.881. The maximum Gasteiger partial charge on any atom is 0.304 e. The first kappa shape index (κ1) is 15.4. The van der Waals surface area contributed by atoms with E-state index in [2.05, 4.69) is 15.5 Å². The lowest BCUT2D eigenvalue weighted by atomic mass is 10.4. The zero-order valence-corrected chi connectivity index (χ0v) is 12.9. The van der Waals surface area contributed by atoms with Crippen molar-refractivity contribution in [3.8, 4) is 0 Å². The van der Waals surface area contributed by atoms with Crippen LogP contribution >= 0.6 is 11.3 Å². The van der Waals surface area contributed by atoms with Gasteiger partial charge >= 0.3 is 5.69 Å². The number of hydrogen-bond donors (Lipinski definition) is 2. The van der Waals surface area contributed by atoms with E-state index in [1.165, 1.54) is 20.3 Å². The standard InChI is InChI=1S/C10H13N5O4S2/c1-11-10-8(15(16)17)3-9(20-10)21(18,19)14(2)6-7-4-12-13-5-7/h3-5,11H,6H2,1-2H3,(H,12,13). The van der Waals surface area contributed by atoms with E-state index in [9.17, 15) is 18.5 Å². The van der Waals surface area contributed by atoms with E-state index in [1.807, 2.05) is 0 Å². The molecule has 0 aliphatic heterocycles. The highest BCUT2D eigenvalue weighted by atomic mass is 32.2. The monoisotopic (exact) mass is 331 g/mol. The summed E-state index contributed by atoms with van der Waals surface area (Å²) in [5.74, 6) is 0. The first-order valence-corrected chi connectivity index (χ1v) is 8.02. The highest BCUT2D eigenvalue weighted by Crippen LogP contribution is 2.37. The Morgan fingerprint density at radius 2 is 2.29 bits per heavy atom. The average Bonchev–Trinajstić information content (AvgIpc) is 3.06. The summed E-state index contributed by atoms with van der Waals surface area (Å²) in [5, 5.41) is 20.1. The number of nitrogens with zero attached hydrogens (tertiary/aromatic N) is 3. The predicted molar refractivity (Wildman–Crippen MR) is 77.8 cm³/mol. The molecule has 21 heavy (non-hydrogen) atoms. The summed E-state index contributed by atoms with van der Waals surface area (Å²) >= 11 is 0.830. The van der Waals surface area contributed by atoms with E-state index in [0.29, 0.717) is 5.56 Å². The smallest absolute Gasteiger partial charge is 0.304 e. The van der Waals surface area contributed by atoms with E-state index in [4.69, 9.17) is 0 Å². The van der Waals surface area contributed by atoms with Gasteiger partial charge in [0.05, 0.1) is 11.1 Å². The molecule has 0 radical (unpaired) electrons. The van der Waals surface area contributed by atoms with Crippen LogP contribution in [0.1, 0.15) is 5.56 Å². The highest BCUT2D eigenvalue weighted by Gasteiger charge is 2.29. The van der Waals surface area contributed by atoms with E-state index in [1.54, 1.807) is 6.20 Å². The van der Waals surface area contributed by atoms with Crippen molar-refractivity contribution >= 4 is 32.0 Å². The molecular formula is C10H13N5O4S2. The maximum atomic E-state index is 12.4. The zero-order valence-electron chi connectivity index (χ0n) is 11.2. The normalized spacial score (nSPS) is 11.8. The van der Waals surface area contributed by atoms with E-state index in [-0.39, 0.29) is 21.4 Å². The fourth-order valence-corrected chi connectivity index (χ4v) is 4.31. The molecule has 11 heteroatoms. The number of rotatable bonds is 6. The number of nitrogens with one attached hydrogen (secondary N) is 2. The molecule has 0 amide bonds. The summed E-state index contributed by atoms with van der Waals surface area (Å²) < 4.78 is 25.9. The molecule has 2 N–H and O–H groups in total. The van der Waals surface area contributed by atoms with Gasteiger partial charge in [-0.3, -0.25) is 15.2 Å². The van der Waals surface area contributed by atoms with Crippen molar-refractivity contribution in [1.82, 2.24) is 14.5 Å². The number of aromatic amines is 1. The van der Waals surface area contributed by atoms with Gasteiger partial charge in [0.15, 0.2) is 5.00 Å². The van der Waals surface area contributed by atoms with Crippen molar-refractivity contribution in [3.05, 3.63) is 34.1 Å². The predicted octanol–water partition coefficient (Wildman–Crippen LogP) is 1.24. The van der Waals surface area contributed by atoms with Gasteiger partial charge in [0.1, 0.15) is 4.21 Å². The lowest BCUT2D eigenvalue weighted by Gasteiger charge is -2.14. The summed E-state index contributed by atoms with van der Waals surface area (Å²) in [6.07, 6.45) is 3.10.